The molecule has 0 saturated carbocycles. The van der Waals surface area contributed by atoms with Crippen molar-refractivity contribution in [1.29, 1.82) is 0 Å². The van der Waals surface area contributed by atoms with E-state index in [0.717, 1.165) is 44.0 Å². The van der Waals surface area contributed by atoms with Crippen LogP contribution < -0.4 is 0 Å². The van der Waals surface area contributed by atoms with Gasteiger partial charge >= 0.3 is 6.18 Å². The Balaban J connectivity index is 1.80. The lowest BCUT2D eigenvalue weighted by molar-refractivity contribution is -0.137. The largest absolute Gasteiger partial charge is 0.416 e. The van der Waals surface area contributed by atoms with E-state index in [-0.39, 0.29) is 0 Å². The molecule has 0 aliphatic rings. The smallest absolute Gasteiger partial charge is 0.247 e. The maximum Gasteiger partial charge on any atom is 0.416 e. The molecule has 0 amide bonds. The fourth-order valence-electron chi connectivity index (χ4n) is 3.80. The standard InChI is InChI=1S/C28H18F3NS/c29-28(30,31)21-17-15-20(16-18-21)26-27(33-22-11-5-2-6-12-22)25(19-9-3-1-4-10-19)23-13-7-8-14-24(23)32-26/h1-18H. The van der Waals surface area contributed by atoms with Crippen LogP contribution in [0.1, 0.15) is 5.56 Å². The minimum atomic E-state index is -4.38. The van der Waals surface area contributed by atoms with Gasteiger partial charge in [0.1, 0.15) is 0 Å². The number of para-hydroxylation sites is 1. The second-order valence-electron chi connectivity index (χ2n) is 7.54. The van der Waals surface area contributed by atoms with Gasteiger partial charge in [0.05, 0.1) is 16.8 Å². The van der Waals surface area contributed by atoms with Crippen LogP contribution in [0, 0.1) is 0 Å². The Labute approximate surface area is 193 Å². The van der Waals surface area contributed by atoms with Gasteiger partial charge in [0.15, 0.2) is 0 Å². The molecule has 5 rings (SSSR count). The molecule has 5 aromatic rings. The lowest BCUT2D eigenvalue weighted by atomic mass is 9.97. The monoisotopic (exact) mass is 457 g/mol. The van der Waals surface area contributed by atoms with Crippen molar-refractivity contribution < 1.29 is 13.2 Å². The molecule has 0 atom stereocenters. The van der Waals surface area contributed by atoms with Crippen molar-refractivity contribution >= 4 is 22.7 Å². The summed E-state index contributed by atoms with van der Waals surface area (Å²) in [5.74, 6) is 0. The molecule has 4 aromatic carbocycles. The van der Waals surface area contributed by atoms with Gasteiger partial charge in [-0.2, -0.15) is 13.2 Å². The molecule has 5 heteroatoms. The number of pyridine rings is 1. The summed E-state index contributed by atoms with van der Waals surface area (Å²) in [4.78, 5) is 6.85. The molecule has 0 saturated heterocycles. The molecule has 1 aromatic heterocycles. The minimum absolute atomic E-state index is 0.643. The summed E-state index contributed by atoms with van der Waals surface area (Å²) in [6, 6.07) is 33.1. The van der Waals surface area contributed by atoms with E-state index in [2.05, 4.69) is 0 Å². The van der Waals surface area contributed by atoms with E-state index in [1.807, 2.05) is 84.9 Å². The highest BCUT2D eigenvalue weighted by molar-refractivity contribution is 7.99. The maximum atomic E-state index is 13.2. The van der Waals surface area contributed by atoms with Crippen molar-refractivity contribution in [2.75, 3.05) is 0 Å². The third-order valence-corrected chi connectivity index (χ3v) is 6.47. The fourth-order valence-corrected chi connectivity index (χ4v) is 4.92. The van der Waals surface area contributed by atoms with Crippen LogP contribution in [0.5, 0.6) is 0 Å². The molecule has 0 aliphatic heterocycles. The number of hydrogen-bond acceptors (Lipinski definition) is 2. The van der Waals surface area contributed by atoms with Crippen LogP contribution in [0.3, 0.4) is 0 Å². The van der Waals surface area contributed by atoms with Crippen molar-refractivity contribution in [1.82, 2.24) is 4.98 Å². The van der Waals surface area contributed by atoms with E-state index < -0.39 is 11.7 Å². The third-order valence-electron chi connectivity index (χ3n) is 5.36. The number of hydrogen-bond donors (Lipinski definition) is 0. The lowest BCUT2D eigenvalue weighted by Crippen LogP contribution is -2.04. The summed E-state index contributed by atoms with van der Waals surface area (Å²) < 4.78 is 39.5. The molecule has 0 aliphatic carbocycles. The van der Waals surface area contributed by atoms with Crippen LogP contribution in [-0.2, 0) is 6.18 Å². The number of nitrogens with zero attached hydrogens (tertiary/aromatic N) is 1. The first-order valence-corrected chi connectivity index (χ1v) is 11.2. The van der Waals surface area contributed by atoms with Crippen molar-refractivity contribution in [3.63, 3.8) is 0 Å². The van der Waals surface area contributed by atoms with Crippen LogP contribution in [-0.4, -0.2) is 4.98 Å². The molecule has 1 nitrogen and oxygen atoms in total. The van der Waals surface area contributed by atoms with Gasteiger partial charge in [-0.1, -0.05) is 90.6 Å². The SMILES string of the molecule is FC(F)(F)c1ccc(-c2nc3ccccc3c(-c3ccccc3)c2Sc2ccccc2)cc1. The number of rotatable bonds is 4. The normalized spacial score (nSPS) is 11.6. The third kappa shape index (κ3) is 4.37. The first-order chi connectivity index (χ1) is 16.0. The first-order valence-electron chi connectivity index (χ1n) is 10.4. The predicted molar refractivity (Wildman–Crippen MR) is 128 cm³/mol. The first kappa shape index (κ1) is 21.3. The lowest BCUT2D eigenvalue weighted by Gasteiger charge is -2.18. The zero-order chi connectivity index (χ0) is 22.8. The topological polar surface area (TPSA) is 12.9 Å². The Bertz CT molecular complexity index is 1400. The highest BCUT2D eigenvalue weighted by atomic mass is 32.2. The van der Waals surface area contributed by atoms with Gasteiger partial charge in [-0.05, 0) is 35.9 Å². The van der Waals surface area contributed by atoms with E-state index in [0.29, 0.717) is 11.3 Å². The molecular formula is C28H18F3NS. The molecule has 0 fully saturated rings. The van der Waals surface area contributed by atoms with Crippen molar-refractivity contribution in [2.24, 2.45) is 0 Å². The summed E-state index contributed by atoms with van der Waals surface area (Å²) in [5, 5.41) is 0.998. The number of alkyl halides is 3. The fraction of sp³-hybridized carbons (Fsp3) is 0.0357. The Morgan fingerprint density at radius 2 is 1.21 bits per heavy atom. The van der Waals surface area contributed by atoms with Gasteiger partial charge in [-0.25, -0.2) is 4.98 Å². The molecule has 1 heterocycles. The summed E-state index contributed by atoms with van der Waals surface area (Å²) in [5.41, 5.74) is 3.48. The number of halogens is 3. The van der Waals surface area contributed by atoms with E-state index >= 15 is 0 Å². The molecule has 0 unspecified atom stereocenters. The van der Waals surface area contributed by atoms with Gasteiger partial charge in [0, 0.05) is 26.3 Å². The summed E-state index contributed by atoms with van der Waals surface area (Å²) in [6.07, 6.45) is -4.38. The Morgan fingerprint density at radius 1 is 0.606 bits per heavy atom. The van der Waals surface area contributed by atoms with Crippen LogP contribution in [0.25, 0.3) is 33.3 Å². The van der Waals surface area contributed by atoms with Gasteiger partial charge in [0.2, 0.25) is 0 Å². The summed E-state index contributed by atoms with van der Waals surface area (Å²) in [6.45, 7) is 0. The van der Waals surface area contributed by atoms with Crippen LogP contribution >= 0.6 is 11.8 Å². The van der Waals surface area contributed by atoms with E-state index in [4.69, 9.17) is 4.98 Å². The highest BCUT2D eigenvalue weighted by Gasteiger charge is 2.30. The second-order valence-corrected chi connectivity index (χ2v) is 8.62. The average molecular weight is 458 g/mol. The van der Waals surface area contributed by atoms with Gasteiger partial charge in [-0.3, -0.25) is 0 Å². The van der Waals surface area contributed by atoms with E-state index in [9.17, 15) is 13.2 Å². The highest BCUT2D eigenvalue weighted by Crippen LogP contribution is 2.45. The van der Waals surface area contributed by atoms with E-state index in [1.54, 1.807) is 11.8 Å². The Kier molecular flexibility index (Phi) is 5.65. The van der Waals surface area contributed by atoms with Gasteiger partial charge in [0.25, 0.3) is 0 Å². The molecule has 0 bridgehead atoms. The predicted octanol–water partition coefficient (Wildman–Crippen LogP) is 8.74. The molecule has 0 spiro atoms. The van der Waals surface area contributed by atoms with E-state index in [1.165, 1.54) is 12.1 Å². The minimum Gasteiger partial charge on any atom is -0.247 e. The average Bonchev–Trinajstić information content (AvgIpc) is 2.84. The van der Waals surface area contributed by atoms with Crippen molar-refractivity contribution in [2.45, 2.75) is 16.0 Å². The van der Waals surface area contributed by atoms with Crippen LogP contribution in [0.2, 0.25) is 0 Å². The second kappa shape index (κ2) is 8.75. The van der Waals surface area contributed by atoms with Gasteiger partial charge < -0.3 is 0 Å². The quantitative estimate of drug-likeness (QED) is 0.268. The molecular weight excluding hydrogens is 439 g/mol. The van der Waals surface area contributed by atoms with Gasteiger partial charge in [-0.15, -0.1) is 0 Å². The van der Waals surface area contributed by atoms with Crippen LogP contribution in [0.4, 0.5) is 13.2 Å². The zero-order valence-corrected chi connectivity index (χ0v) is 18.2. The van der Waals surface area contributed by atoms with Crippen molar-refractivity contribution in [3.8, 4) is 22.4 Å². The maximum absolute atomic E-state index is 13.2. The zero-order valence-electron chi connectivity index (χ0n) is 17.4. The van der Waals surface area contributed by atoms with Crippen LogP contribution in [0.15, 0.2) is 119 Å². The number of fused-ring (bicyclic) bond motifs is 1. The van der Waals surface area contributed by atoms with Crippen molar-refractivity contribution in [3.05, 3.63) is 115 Å². The molecule has 33 heavy (non-hydrogen) atoms. The molecule has 0 N–H and O–H groups in total. The Morgan fingerprint density at radius 3 is 1.88 bits per heavy atom. The number of aromatic nitrogens is 1. The molecule has 0 radical (unpaired) electrons. The molecule has 162 valence electrons. The summed E-state index contributed by atoms with van der Waals surface area (Å²) in [7, 11) is 0. The summed E-state index contributed by atoms with van der Waals surface area (Å²) >= 11 is 1.57. The number of benzene rings is 4. The Hall–Kier alpha value is -3.57.